The second kappa shape index (κ2) is 4.88. The van der Waals surface area contributed by atoms with E-state index in [9.17, 15) is 4.79 Å². The standard InChI is InChI=1S/C15H18BrNO/c1-8(2)5-11-7-13(18)14-10(4)15(16)9(3)6-12(14)17-11/h6-8H,5H2,1-4H3,(H,17,18). The molecule has 0 amide bonds. The molecule has 0 bridgehead atoms. The van der Waals surface area contributed by atoms with Gasteiger partial charge in [0.15, 0.2) is 5.43 Å². The van der Waals surface area contributed by atoms with Crippen LogP contribution in [0.15, 0.2) is 21.4 Å². The van der Waals surface area contributed by atoms with Crippen LogP contribution in [0.2, 0.25) is 0 Å². The maximum absolute atomic E-state index is 12.2. The van der Waals surface area contributed by atoms with Crippen LogP contribution < -0.4 is 5.43 Å². The Kier molecular flexibility index (Phi) is 3.62. The summed E-state index contributed by atoms with van der Waals surface area (Å²) in [7, 11) is 0. The number of aromatic amines is 1. The molecule has 1 N–H and O–H groups in total. The van der Waals surface area contributed by atoms with Crippen LogP contribution in [-0.2, 0) is 6.42 Å². The van der Waals surface area contributed by atoms with Crippen molar-refractivity contribution in [1.29, 1.82) is 0 Å². The number of nitrogens with one attached hydrogen (secondary N) is 1. The quantitative estimate of drug-likeness (QED) is 0.890. The highest BCUT2D eigenvalue weighted by Crippen LogP contribution is 2.26. The Labute approximate surface area is 116 Å². The van der Waals surface area contributed by atoms with E-state index in [-0.39, 0.29) is 5.43 Å². The van der Waals surface area contributed by atoms with Crippen LogP contribution in [0.1, 0.15) is 30.7 Å². The molecule has 0 unspecified atom stereocenters. The van der Waals surface area contributed by atoms with Gasteiger partial charge in [-0.3, -0.25) is 4.79 Å². The third kappa shape index (κ3) is 2.37. The van der Waals surface area contributed by atoms with E-state index in [1.165, 1.54) is 0 Å². The van der Waals surface area contributed by atoms with Gasteiger partial charge in [-0.2, -0.15) is 0 Å². The van der Waals surface area contributed by atoms with Crippen LogP contribution in [0.3, 0.4) is 0 Å². The Morgan fingerprint density at radius 2 is 1.94 bits per heavy atom. The van der Waals surface area contributed by atoms with E-state index >= 15 is 0 Å². The zero-order valence-electron chi connectivity index (χ0n) is 11.2. The molecule has 0 atom stereocenters. The summed E-state index contributed by atoms with van der Waals surface area (Å²) in [6.45, 7) is 8.34. The predicted octanol–water partition coefficient (Wildman–Crippen LogP) is 4.11. The van der Waals surface area contributed by atoms with Gasteiger partial charge in [-0.1, -0.05) is 29.8 Å². The summed E-state index contributed by atoms with van der Waals surface area (Å²) < 4.78 is 1.03. The van der Waals surface area contributed by atoms with Gasteiger partial charge in [0.1, 0.15) is 0 Å². The van der Waals surface area contributed by atoms with Crippen molar-refractivity contribution in [2.24, 2.45) is 5.92 Å². The summed E-state index contributed by atoms with van der Waals surface area (Å²) in [5, 5.41) is 0.792. The zero-order chi connectivity index (χ0) is 13.4. The van der Waals surface area contributed by atoms with Crippen molar-refractivity contribution in [3.63, 3.8) is 0 Å². The first-order valence-corrected chi connectivity index (χ1v) is 7.01. The fourth-order valence-electron chi connectivity index (χ4n) is 2.36. The number of hydrogen-bond donors (Lipinski definition) is 1. The van der Waals surface area contributed by atoms with Gasteiger partial charge in [0.05, 0.1) is 5.52 Å². The monoisotopic (exact) mass is 307 g/mol. The van der Waals surface area contributed by atoms with Crippen LogP contribution >= 0.6 is 15.9 Å². The van der Waals surface area contributed by atoms with Crippen molar-refractivity contribution in [1.82, 2.24) is 4.98 Å². The van der Waals surface area contributed by atoms with E-state index in [2.05, 4.69) is 34.8 Å². The van der Waals surface area contributed by atoms with E-state index in [1.54, 1.807) is 6.07 Å². The van der Waals surface area contributed by atoms with Gasteiger partial charge < -0.3 is 4.98 Å². The van der Waals surface area contributed by atoms with Gasteiger partial charge in [0.2, 0.25) is 0 Å². The van der Waals surface area contributed by atoms with E-state index < -0.39 is 0 Å². The lowest BCUT2D eigenvalue weighted by Crippen LogP contribution is -2.09. The Morgan fingerprint density at radius 1 is 1.28 bits per heavy atom. The number of aromatic nitrogens is 1. The first-order chi connectivity index (χ1) is 8.40. The highest BCUT2D eigenvalue weighted by molar-refractivity contribution is 9.10. The molecule has 18 heavy (non-hydrogen) atoms. The predicted molar refractivity (Wildman–Crippen MR) is 80.3 cm³/mol. The number of hydrogen-bond acceptors (Lipinski definition) is 1. The van der Waals surface area contributed by atoms with Crippen molar-refractivity contribution in [2.45, 2.75) is 34.1 Å². The average molecular weight is 308 g/mol. The Hall–Kier alpha value is -1.09. The Balaban J connectivity index is 2.74. The molecular formula is C15H18BrNO. The number of aryl methyl sites for hydroxylation is 2. The summed E-state index contributed by atoms with van der Waals surface area (Å²) in [5.74, 6) is 0.538. The minimum Gasteiger partial charge on any atom is -0.358 e. The van der Waals surface area contributed by atoms with Crippen molar-refractivity contribution in [2.75, 3.05) is 0 Å². The van der Waals surface area contributed by atoms with Crippen molar-refractivity contribution in [3.05, 3.63) is 43.6 Å². The molecule has 96 valence electrons. The topological polar surface area (TPSA) is 32.9 Å². The minimum atomic E-state index is 0.109. The molecule has 0 spiro atoms. The highest BCUT2D eigenvalue weighted by Gasteiger charge is 2.10. The lowest BCUT2D eigenvalue weighted by molar-refractivity contribution is 0.636. The maximum Gasteiger partial charge on any atom is 0.189 e. The summed E-state index contributed by atoms with van der Waals surface area (Å²) in [6.07, 6.45) is 0.902. The van der Waals surface area contributed by atoms with Gasteiger partial charge in [-0.05, 0) is 43.4 Å². The molecule has 3 heteroatoms. The fraction of sp³-hybridized carbons (Fsp3) is 0.400. The number of fused-ring (bicyclic) bond motifs is 1. The first kappa shape index (κ1) is 13.3. The third-order valence-corrected chi connectivity index (χ3v) is 4.38. The van der Waals surface area contributed by atoms with Gasteiger partial charge in [-0.25, -0.2) is 0 Å². The second-order valence-electron chi connectivity index (χ2n) is 5.31. The van der Waals surface area contributed by atoms with E-state index in [0.717, 1.165) is 38.6 Å². The van der Waals surface area contributed by atoms with Crippen LogP contribution in [0, 0.1) is 19.8 Å². The maximum atomic E-state index is 12.2. The average Bonchev–Trinajstić information content (AvgIpc) is 2.24. The highest BCUT2D eigenvalue weighted by atomic mass is 79.9. The zero-order valence-corrected chi connectivity index (χ0v) is 12.8. The van der Waals surface area contributed by atoms with Gasteiger partial charge in [-0.15, -0.1) is 0 Å². The van der Waals surface area contributed by atoms with E-state index in [0.29, 0.717) is 5.92 Å². The van der Waals surface area contributed by atoms with Crippen LogP contribution in [0.4, 0.5) is 0 Å². The van der Waals surface area contributed by atoms with Crippen LogP contribution in [0.5, 0.6) is 0 Å². The Morgan fingerprint density at radius 3 is 2.56 bits per heavy atom. The molecule has 1 aromatic heterocycles. The molecule has 0 fully saturated rings. The molecule has 2 nitrogen and oxygen atoms in total. The molecule has 0 radical (unpaired) electrons. The summed E-state index contributed by atoms with van der Waals surface area (Å²) >= 11 is 3.54. The number of rotatable bonds is 2. The molecule has 0 aliphatic heterocycles. The van der Waals surface area contributed by atoms with Crippen LogP contribution in [0.25, 0.3) is 10.9 Å². The normalized spacial score (nSPS) is 11.4. The van der Waals surface area contributed by atoms with E-state index in [1.807, 2.05) is 19.9 Å². The number of pyridine rings is 1. The minimum absolute atomic E-state index is 0.109. The van der Waals surface area contributed by atoms with Gasteiger partial charge >= 0.3 is 0 Å². The SMILES string of the molecule is Cc1cc2[nH]c(CC(C)C)cc(=O)c2c(C)c1Br. The summed E-state index contributed by atoms with van der Waals surface area (Å²) in [5.41, 5.74) is 4.23. The van der Waals surface area contributed by atoms with Crippen molar-refractivity contribution < 1.29 is 0 Å². The summed E-state index contributed by atoms with van der Waals surface area (Å²) in [4.78, 5) is 15.6. The molecule has 2 aromatic rings. The number of halogens is 1. The second-order valence-corrected chi connectivity index (χ2v) is 6.10. The van der Waals surface area contributed by atoms with Gasteiger partial charge in [0.25, 0.3) is 0 Å². The molecule has 1 heterocycles. The van der Waals surface area contributed by atoms with E-state index in [4.69, 9.17) is 0 Å². The Bertz CT molecular complexity index is 656. The molecule has 0 aliphatic rings. The number of H-pyrrole nitrogens is 1. The smallest absolute Gasteiger partial charge is 0.189 e. The third-order valence-electron chi connectivity index (χ3n) is 3.16. The number of benzene rings is 1. The molecule has 1 aromatic carbocycles. The largest absolute Gasteiger partial charge is 0.358 e. The molecule has 0 saturated heterocycles. The molecule has 2 rings (SSSR count). The van der Waals surface area contributed by atoms with Gasteiger partial charge in [0, 0.05) is 21.6 Å². The van der Waals surface area contributed by atoms with Crippen LogP contribution in [-0.4, -0.2) is 4.98 Å². The summed E-state index contributed by atoms with van der Waals surface area (Å²) in [6, 6.07) is 3.77. The molecule has 0 saturated carbocycles. The lowest BCUT2D eigenvalue weighted by Gasteiger charge is -2.11. The lowest BCUT2D eigenvalue weighted by atomic mass is 10.0. The molecular weight excluding hydrogens is 290 g/mol. The molecule has 0 aliphatic carbocycles. The van der Waals surface area contributed by atoms with Crippen molar-refractivity contribution >= 4 is 26.8 Å². The first-order valence-electron chi connectivity index (χ1n) is 6.21. The fourth-order valence-corrected chi connectivity index (χ4v) is 2.68. The van der Waals surface area contributed by atoms with Crippen molar-refractivity contribution in [3.8, 4) is 0 Å².